The van der Waals surface area contributed by atoms with Gasteiger partial charge < -0.3 is 5.32 Å². The van der Waals surface area contributed by atoms with Crippen LogP contribution in [0.2, 0.25) is 0 Å². The van der Waals surface area contributed by atoms with Crippen LogP contribution in [0, 0.1) is 11.3 Å². The summed E-state index contributed by atoms with van der Waals surface area (Å²) in [4.78, 5) is 26.7. The molecule has 0 bridgehead atoms. The number of hydrogen-bond donors (Lipinski definition) is 1. The highest BCUT2D eigenvalue weighted by atomic mass is 79.9. The molecule has 1 saturated carbocycles. The van der Waals surface area contributed by atoms with E-state index in [-0.39, 0.29) is 17.4 Å². The molecule has 0 aromatic carbocycles. The van der Waals surface area contributed by atoms with Crippen molar-refractivity contribution in [1.82, 2.24) is 10.2 Å². The minimum absolute atomic E-state index is 0.00613. The predicted octanol–water partition coefficient (Wildman–Crippen LogP) is 3.69. The molecule has 1 N–H and O–H groups in total. The Bertz CT molecular complexity index is 404. The Labute approximate surface area is 136 Å². The molecule has 0 atom stereocenters. The van der Waals surface area contributed by atoms with E-state index in [1.165, 1.54) is 4.90 Å². The summed E-state index contributed by atoms with van der Waals surface area (Å²) in [6, 6.07) is -0.193. The molecule has 4 nitrogen and oxygen atoms in total. The van der Waals surface area contributed by atoms with E-state index in [4.69, 9.17) is 0 Å². The minimum Gasteiger partial charge on any atom is -0.323 e. The van der Waals surface area contributed by atoms with Crippen molar-refractivity contribution in [3.8, 4) is 0 Å². The molecule has 1 heterocycles. The average molecular weight is 359 g/mol. The van der Waals surface area contributed by atoms with Crippen LogP contribution < -0.4 is 5.32 Å². The Morgan fingerprint density at radius 1 is 1.29 bits per heavy atom. The largest absolute Gasteiger partial charge is 0.325 e. The fraction of sp³-hybridized carbons (Fsp3) is 0.875. The topological polar surface area (TPSA) is 49.4 Å². The third kappa shape index (κ3) is 2.99. The zero-order valence-electron chi connectivity index (χ0n) is 13.4. The van der Waals surface area contributed by atoms with Crippen LogP contribution in [0.4, 0.5) is 4.79 Å². The first-order chi connectivity index (χ1) is 9.92. The Kier molecular flexibility index (Phi) is 5.01. The Morgan fingerprint density at radius 2 is 1.86 bits per heavy atom. The second-order valence-electron chi connectivity index (χ2n) is 6.93. The van der Waals surface area contributed by atoms with Crippen LogP contribution in [0.1, 0.15) is 59.3 Å². The highest BCUT2D eigenvalue weighted by Crippen LogP contribution is 2.38. The van der Waals surface area contributed by atoms with Gasteiger partial charge in [0.1, 0.15) is 5.54 Å². The van der Waals surface area contributed by atoms with Gasteiger partial charge in [-0.3, -0.25) is 9.69 Å². The predicted molar refractivity (Wildman–Crippen MR) is 87.4 cm³/mol. The van der Waals surface area contributed by atoms with Crippen LogP contribution >= 0.6 is 15.9 Å². The van der Waals surface area contributed by atoms with E-state index in [9.17, 15) is 9.59 Å². The van der Waals surface area contributed by atoms with Crippen molar-refractivity contribution < 1.29 is 9.59 Å². The maximum atomic E-state index is 12.9. The molecule has 1 aliphatic carbocycles. The van der Waals surface area contributed by atoms with E-state index >= 15 is 0 Å². The summed E-state index contributed by atoms with van der Waals surface area (Å²) >= 11 is 3.57. The third-order valence-electron chi connectivity index (χ3n) is 5.65. The van der Waals surface area contributed by atoms with E-state index in [2.05, 4.69) is 42.0 Å². The number of carbonyl (C=O) groups is 2. The van der Waals surface area contributed by atoms with Crippen LogP contribution in [0.3, 0.4) is 0 Å². The van der Waals surface area contributed by atoms with Crippen LogP contribution in [-0.4, -0.2) is 34.3 Å². The molecule has 0 unspecified atom stereocenters. The van der Waals surface area contributed by atoms with Crippen molar-refractivity contribution in [3.63, 3.8) is 0 Å². The lowest BCUT2D eigenvalue weighted by Gasteiger charge is -2.35. The van der Waals surface area contributed by atoms with Gasteiger partial charge in [-0.25, -0.2) is 4.79 Å². The molecule has 5 heteroatoms. The fourth-order valence-electron chi connectivity index (χ4n) is 3.45. The summed E-state index contributed by atoms with van der Waals surface area (Å²) < 4.78 is 0. The molecule has 0 radical (unpaired) electrons. The molecular weight excluding hydrogens is 332 g/mol. The first kappa shape index (κ1) is 16.8. The summed E-state index contributed by atoms with van der Waals surface area (Å²) in [7, 11) is 0. The zero-order valence-corrected chi connectivity index (χ0v) is 15.0. The summed E-state index contributed by atoms with van der Waals surface area (Å²) in [6.07, 6.45) is 5.52. The molecule has 2 rings (SSSR count). The lowest BCUT2D eigenvalue weighted by atomic mass is 9.77. The molecule has 0 aromatic heterocycles. The van der Waals surface area contributed by atoms with Crippen LogP contribution in [0.25, 0.3) is 0 Å². The van der Waals surface area contributed by atoms with Crippen LogP contribution in [-0.2, 0) is 4.79 Å². The number of alkyl halides is 1. The smallest absolute Gasteiger partial charge is 0.323 e. The number of urea groups is 1. The van der Waals surface area contributed by atoms with Gasteiger partial charge in [-0.1, -0.05) is 36.7 Å². The molecule has 1 saturated heterocycles. The maximum Gasteiger partial charge on any atom is 0.325 e. The van der Waals surface area contributed by atoms with Gasteiger partial charge in [0, 0.05) is 11.9 Å². The highest BCUT2D eigenvalue weighted by Gasteiger charge is 2.53. The van der Waals surface area contributed by atoms with Crippen molar-refractivity contribution >= 4 is 27.9 Å². The van der Waals surface area contributed by atoms with Gasteiger partial charge in [0.05, 0.1) is 0 Å². The molecule has 21 heavy (non-hydrogen) atoms. The molecule has 2 fully saturated rings. The van der Waals surface area contributed by atoms with Crippen LogP contribution in [0.5, 0.6) is 0 Å². The van der Waals surface area contributed by atoms with Crippen molar-refractivity contribution in [3.05, 3.63) is 0 Å². The first-order valence-electron chi connectivity index (χ1n) is 8.12. The molecule has 1 aliphatic heterocycles. The van der Waals surface area contributed by atoms with Gasteiger partial charge in [-0.15, -0.1) is 0 Å². The highest BCUT2D eigenvalue weighted by molar-refractivity contribution is 9.09. The molecule has 1 spiro atoms. The SMILES string of the molecule is CCC(CC)(CBr)CN1C(=O)NC2(CCC(C)CC2)C1=O. The number of rotatable bonds is 5. The van der Waals surface area contributed by atoms with Crippen molar-refractivity contribution in [2.24, 2.45) is 11.3 Å². The maximum absolute atomic E-state index is 12.9. The minimum atomic E-state index is -0.608. The third-order valence-corrected chi connectivity index (χ3v) is 6.84. The van der Waals surface area contributed by atoms with E-state index in [1.54, 1.807) is 0 Å². The quantitative estimate of drug-likeness (QED) is 0.601. The van der Waals surface area contributed by atoms with Gasteiger partial charge >= 0.3 is 6.03 Å². The van der Waals surface area contributed by atoms with Gasteiger partial charge in [-0.05, 0) is 49.9 Å². The van der Waals surface area contributed by atoms with Gasteiger partial charge in [0.25, 0.3) is 5.91 Å². The number of nitrogens with one attached hydrogen (secondary N) is 1. The molecule has 2 aliphatic rings. The van der Waals surface area contributed by atoms with Crippen molar-refractivity contribution in [2.45, 2.75) is 64.8 Å². The lowest BCUT2D eigenvalue weighted by molar-refractivity contribution is -0.133. The number of amides is 3. The fourth-order valence-corrected chi connectivity index (χ4v) is 4.42. The second-order valence-corrected chi connectivity index (χ2v) is 7.49. The number of carbonyl (C=O) groups excluding carboxylic acids is 2. The Balaban J connectivity index is 2.15. The second kappa shape index (κ2) is 6.27. The average Bonchev–Trinajstić information content (AvgIpc) is 2.72. The number of imide groups is 1. The lowest BCUT2D eigenvalue weighted by Crippen LogP contribution is -2.50. The number of halogens is 1. The van der Waals surface area contributed by atoms with E-state index < -0.39 is 5.54 Å². The van der Waals surface area contributed by atoms with Gasteiger partial charge in [-0.2, -0.15) is 0 Å². The molecular formula is C16H27BrN2O2. The van der Waals surface area contributed by atoms with Gasteiger partial charge in [0.15, 0.2) is 0 Å². The van der Waals surface area contributed by atoms with E-state index in [0.29, 0.717) is 12.5 Å². The van der Waals surface area contributed by atoms with Gasteiger partial charge in [0.2, 0.25) is 0 Å². The molecule has 0 aromatic rings. The van der Waals surface area contributed by atoms with Crippen molar-refractivity contribution in [1.29, 1.82) is 0 Å². The van der Waals surface area contributed by atoms with Crippen LogP contribution in [0.15, 0.2) is 0 Å². The number of hydrogen-bond acceptors (Lipinski definition) is 2. The Morgan fingerprint density at radius 3 is 2.33 bits per heavy atom. The standard InChI is InChI=1S/C16H27BrN2O2/c1-4-15(5-2,10-17)11-19-13(20)16(18-14(19)21)8-6-12(3)7-9-16/h12H,4-11H2,1-3H3,(H,18,21). The normalized spacial score (nSPS) is 30.1. The molecule has 120 valence electrons. The summed E-state index contributed by atoms with van der Waals surface area (Å²) in [5, 5.41) is 3.82. The molecule has 3 amide bonds. The summed E-state index contributed by atoms with van der Waals surface area (Å²) in [6.45, 7) is 6.99. The Hall–Kier alpha value is -0.580. The number of nitrogens with zero attached hydrogens (tertiary/aromatic N) is 1. The van der Waals surface area contributed by atoms with E-state index in [1.807, 2.05) is 0 Å². The van der Waals surface area contributed by atoms with E-state index in [0.717, 1.165) is 43.9 Å². The van der Waals surface area contributed by atoms with Crippen molar-refractivity contribution in [2.75, 3.05) is 11.9 Å². The summed E-state index contributed by atoms with van der Waals surface area (Å²) in [5.74, 6) is 0.661. The first-order valence-corrected chi connectivity index (χ1v) is 9.24. The zero-order chi connectivity index (χ0) is 15.7. The monoisotopic (exact) mass is 358 g/mol. The summed E-state index contributed by atoms with van der Waals surface area (Å²) in [5.41, 5.74) is -0.621.